The largest absolute Gasteiger partial charge is 0.471 e. The van der Waals surface area contributed by atoms with Gasteiger partial charge >= 0.3 is 5.63 Å². The molecule has 0 fully saturated rings. The molecule has 0 N–H and O–H groups in total. The van der Waals surface area contributed by atoms with Crippen molar-refractivity contribution in [1.29, 1.82) is 0 Å². The molecule has 0 spiro atoms. The van der Waals surface area contributed by atoms with E-state index in [-0.39, 0.29) is 5.63 Å². The molecular formula is C26H21BrClNO3. The molecule has 0 atom stereocenters. The fraction of sp³-hybridized carbons (Fsp3) is 0.192. The highest BCUT2D eigenvalue weighted by Crippen LogP contribution is 2.41. The Bertz CT molecular complexity index is 1400. The van der Waals surface area contributed by atoms with Gasteiger partial charge in [-0.15, -0.1) is 0 Å². The van der Waals surface area contributed by atoms with Gasteiger partial charge in [-0.2, -0.15) is 0 Å². The molecule has 162 valence electrons. The van der Waals surface area contributed by atoms with Crippen LogP contribution in [0.15, 0.2) is 68.3 Å². The molecule has 6 heteroatoms. The molecule has 4 aromatic rings. The summed E-state index contributed by atoms with van der Waals surface area (Å²) >= 11 is 10.1. The van der Waals surface area contributed by atoms with Crippen molar-refractivity contribution in [1.82, 2.24) is 0 Å². The highest BCUT2D eigenvalue weighted by molar-refractivity contribution is 9.10. The zero-order chi connectivity index (χ0) is 22.4. The summed E-state index contributed by atoms with van der Waals surface area (Å²) in [5.41, 5.74) is 5.81. The number of aryl methyl sites for hydroxylation is 2. The zero-order valence-corrected chi connectivity index (χ0v) is 20.1. The Hall–Kier alpha value is -2.76. The molecule has 0 aliphatic carbocycles. The third kappa shape index (κ3) is 3.70. The second-order valence-electron chi connectivity index (χ2n) is 8.10. The molecule has 32 heavy (non-hydrogen) atoms. The van der Waals surface area contributed by atoms with Crippen molar-refractivity contribution >= 4 is 44.2 Å². The van der Waals surface area contributed by atoms with E-state index in [9.17, 15) is 4.79 Å². The average Bonchev–Trinajstić information content (AvgIpc) is 2.78. The predicted octanol–water partition coefficient (Wildman–Crippen LogP) is 6.77. The third-order valence-corrected chi connectivity index (χ3v) is 6.79. The van der Waals surface area contributed by atoms with Crippen LogP contribution in [0.2, 0.25) is 5.02 Å². The van der Waals surface area contributed by atoms with Crippen LogP contribution in [0, 0.1) is 13.8 Å². The van der Waals surface area contributed by atoms with Crippen LogP contribution in [0.1, 0.15) is 27.8 Å². The summed E-state index contributed by atoms with van der Waals surface area (Å²) < 4.78 is 13.0. The third-order valence-electron chi connectivity index (χ3n) is 6.02. The van der Waals surface area contributed by atoms with Gasteiger partial charge in [-0.05, 0) is 54.8 Å². The number of hydrogen-bond acceptors (Lipinski definition) is 4. The van der Waals surface area contributed by atoms with Gasteiger partial charge in [0.05, 0.1) is 17.1 Å². The van der Waals surface area contributed by atoms with Crippen molar-refractivity contribution < 1.29 is 9.15 Å². The van der Waals surface area contributed by atoms with Gasteiger partial charge in [0.1, 0.15) is 11.3 Å². The molecule has 3 aromatic carbocycles. The number of ether oxygens (including phenoxy) is 1. The standard InChI is InChI=1S/C26H21BrClNO3/c1-15-10-18(27)8-9-23(15)29-13-21-24-19(12-22(28)25(21)31-14-29)16(2)20(26(30)32-24)11-17-6-4-3-5-7-17/h3-10,12H,11,13-14H2,1-2H3. The minimum atomic E-state index is -0.319. The lowest BCUT2D eigenvalue weighted by molar-refractivity contribution is 0.289. The Morgan fingerprint density at radius 2 is 1.88 bits per heavy atom. The summed E-state index contributed by atoms with van der Waals surface area (Å²) in [5, 5.41) is 1.37. The van der Waals surface area contributed by atoms with Crippen LogP contribution < -0.4 is 15.3 Å². The van der Waals surface area contributed by atoms with E-state index in [4.69, 9.17) is 20.8 Å². The predicted molar refractivity (Wildman–Crippen MR) is 132 cm³/mol. The molecule has 0 saturated carbocycles. The first-order valence-electron chi connectivity index (χ1n) is 10.4. The number of benzene rings is 3. The number of rotatable bonds is 3. The molecule has 0 saturated heterocycles. The zero-order valence-electron chi connectivity index (χ0n) is 17.7. The summed E-state index contributed by atoms with van der Waals surface area (Å²) in [6.45, 7) is 4.93. The molecule has 1 aliphatic heterocycles. The molecule has 0 bridgehead atoms. The Morgan fingerprint density at radius 1 is 1.09 bits per heavy atom. The maximum Gasteiger partial charge on any atom is 0.340 e. The van der Waals surface area contributed by atoms with Crippen LogP contribution in [0.5, 0.6) is 5.75 Å². The van der Waals surface area contributed by atoms with Crippen LogP contribution in [-0.2, 0) is 13.0 Å². The SMILES string of the molecule is Cc1cc(Br)ccc1N1COc2c(Cl)cc3c(C)c(Cc4ccccc4)c(=O)oc3c2C1. The van der Waals surface area contributed by atoms with Crippen molar-refractivity contribution in [3.63, 3.8) is 0 Å². The summed E-state index contributed by atoms with van der Waals surface area (Å²) in [4.78, 5) is 15.1. The summed E-state index contributed by atoms with van der Waals surface area (Å²) in [6.07, 6.45) is 0.514. The molecule has 1 aliphatic rings. The molecular weight excluding hydrogens is 490 g/mol. The minimum absolute atomic E-state index is 0.319. The van der Waals surface area contributed by atoms with Gasteiger partial charge in [0, 0.05) is 27.5 Å². The lowest BCUT2D eigenvalue weighted by atomic mass is 9.97. The van der Waals surface area contributed by atoms with Crippen LogP contribution in [-0.4, -0.2) is 6.73 Å². The topological polar surface area (TPSA) is 42.7 Å². The normalized spacial score (nSPS) is 13.2. The van der Waals surface area contributed by atoms with E-state index in [2.05, 4.69) is 39.9 Å². The van der Waals surface area contributed by atoms with Crippen molar-refractivity contribution in [3.05, 3.63) is 102 Å². The Labute approximate surface area is 199 Å². The molecule has 2 heterocycles. The maximum atomic E-state index is 13.0. The lowest BCUT2D eigenvalue weighted by Crippen LogP contribution is -2.32. The molecule has 0 unspecified atom stereocenters. The van der Waals surface area contributed by atoms with Crippen LogP contribution in [0.3, 0.4) is 0 Å². The van der Waals surface area contributed by atoms with Gasteiger partial charge in [0.15, 0.2) is 6.73 Å². The lowest BCUT2D eigenvalue weighted by Gasteiger charge is -2.32. The number of hydrogen-bond donors (Lipinski definition) is 0. The second-order valence-corrected chi connectivity index (χ2v) is 9.42. The molecule has 1 aromatic heterocycles. The van der Waals surface area contributed by atoms with Crippen LogP contribution in [0.25, 0.3) is 11.0 Å². The first-order valence-corrected chi connectivity index (χ1v) is 11.5. The Morgan fingerprint density at radius 3 is 2.62 bits per heavy atom. The first kappa shape index (κ1) is 21.1. The summed E-state index contributed by atoms with van der Waals surface area (Å²) in [5.74, 6) is 0.587. The van der Waals surface area contributed by atoms with Crippen LogP contribution >= 0.6 is 27.5 Å². The van der Waals surface area contributed by atoms with Gasteiger partial charge in [-0.1, -0.05) is 57.9 Å². The minimum Gasteiger partial charge on any atom is -0.471 e. The quantitative estimate of drug-likeness (QED) is 0.285. The summed E-state index contributed by atoms with van der Waals surface area (Å²) in [6, 6.07) is 17.9. The van der Waals surface area contributed by atoms with E-state index in [0.29, 0.717) is 41.6 Å². The number of fused-ring (bicyclic) bond motifs is 3. The molecule has 0 amide bonds. The fourth-order valence-corrected chi connectivity index (χ4v) is 5.10. The van der Waals surface area contributed by atoms with Gasteiger partial charge in [0.2, 0.25) is 0 Å². The number of halogens is 2. The van der Waals surface area contributed by atoms with Gasteiger partial charge in [-0.25, -0.2) is 4.79 Å². The first-order chi connectivity index (χ1) is 15.4. The van der Waals surface area contributed by atoms with Gasteiger partial charge < -0.3 is 14.1 Å². The summed E-state index contributed by atoms with van der Waals surface area (Å²) in [7, 11) is 0. The van der Waals surface area contributed by atoms with E-state index in [1.807, 2.05) is 49.4 Å². The fourth-order valence-electron chi connectivity index (χ4n) is 4.34. The average molecular weight is 511 g/mol. The molecule has 0 radical (unpaired) electrons. The number of anilines is 1. The van der Waals surface area contributed by atoms with Crippen LogP contribution in [0.4, 0.5) is 5.69 Å². The molecule has 4 nitrogen and oxygen atoms in total. The van der Waals surface area contributed by atoms with Gasteiger partial charge in [0.25, 0.3) is 0 Å². The van der Waals surface area contributed by atoms with E-state index in [1.54, 1.807) is 0 Å². The van der Waals surface area contributed by atoms with E-state index in [0.717, 1.165) is 37.8 Å². The van der Waals surface area contributed by atoms with Crippen molar-refractivity contribution in [2.24, 2.45) is 0 Å². The smallest absolute Gasteiger partial charge is 0.340 e. The Balaban J connectivity index is 1.62. The van der Waals surface area contributed by atoms with Crippen molar-refractivity contribution in [2.75, 3.05) is 11.6 Å². The number of nitrogens with zero attached hydrogens (tertiary/aromatic N) is 1. The Kier molecular flexibility index (Phi) is 5.48. The van der Waals surface area contributed by atoms with Crippen molar-refractivity contribution in [2.45, 2.75) is 26.8 Å². The maximum absolute atomic E-state index is 13.0. The highest BCUT2D eigenvalue weighted by Gasteiger charge is 2.27. The van der Waals surface area contributed by atoms with E-state index in [1.165, 1.54) is 0 Å². The van der Waals surface area contributed by atoms with E-state index >= 15 is 0 Å². The van der Waals surface area contributed by atoms with Crippen molar-refractivity contribution in [3.8, 4) is 5.75 Å². The molecule has 5 rings (SSSR count). The van der Waals surface area contributed by atoms with Gasteiger partial charge in [-0.3, -0.25) is 0 Å². The second kappa shape index (κ2) is 8.30. The van der Waals surface area contributed by atoms with E-state index < -0.39 is 0 Å². The highest BCUT2D eigenvalue weighted by atomic mass is 79.9. The monoisotopic (exact) mass is 509 g/mol.